The predicted octanol–water partition coefficient (Wildman–Crippen LogP) is 6.11. The van der Waals surface area contributed by atoms with Gasteiger partial charge < -0.3 is 0 Å². The molecule has 0 bridgehead atoms. The van der Waals surface area contributed by atoms with Crippen LogP contribution >= 0.6 is 11.6 Å². The fourth-order valence-corrected chi connectivity index (χ4v) is 2.80. The molecule has 3 rings (SSSR count). The number of benzene rings is 2. The van der Waals surface area contributed by atoms with Crippen molar-refractivity contribution in [1.82, 2.24) is 15.0 Å². The van der Waals surface area contributed by atoms with Crippen molar-refractivity contribution >= 4 is 11.6 Å². The van der Waals surface area contributed by atoms with Crippen LogP contribution in [0.5, 0.6) is 0 Å². The second-order valence-corrected chi connectivity index (χ2v) is 7.14. The van der Waals surface area contributed by atoms with Gasteiger partial charge in [0.1, 0.15) is 0 Å². The lowest BCUT2D eigenvalue weighted by molar-refractivity contribution is 0.866. The minimum Gasteiger partial charge on any atom is -0.208 e. The lowest BCUT2D eigenvalue weighted by Crippen LogP contribution is -1.98. The molecule has 3 aromatic rings. The van der Waals surface area contributed by atoms with Gasteiger partial charge in [0.15, 0.2) is 11.6 Å². The SMILES string of the molecule is CC(C)c1ccc(-c2nc(Cl)nc(-c3ccc(C(C)C)cc3)n2)cc1. The van der Waals surface area contributed by atoms with Crippen LogP contribution in [0, 0.1) is 0 Å². The largest absolute Gasteiger partial charge is 0.226 e. The number of aromatic nitrogens is 3. The van der Waals surface area contributed by atoms with Crippen LogP contribution in [0.3, 0.4) is 0 Å². The van der Waals surface area contributed by atoms with Gasteiger partial charge in [-0.15, -0.1) is 0 Å². The topological polar surface area (TPSA) is 38.7 Å². The average Bonchev–Trinajstić information content (AvgIpc) is 2.61. The Morgan fingerprint density at radius 3 is 1.28 bits per heavy atom. The number of rotatable bonds is 4. The van der Waals surface area contributed by atoms with Crippen LogP contribution in [0.4, 0.5) is 0 Å². The van der Waals surface area contributed by atoms with E-state index in [1.165, 1.54) is 11.1 Å². The van der Waals surface area contributed by atoms with E-state index in [2.05, 4.69) is 66.9 Å². The summed E-state index contributed by atoms with van der Waals surface area (Å²) in [5.41, 5.74) is 4.45. The first-order chi connectivity index (χ1) is 11.9. The summed E-state index contributed by atoms with van der Waals surface area (Å²) in [6.45, 7) is 8.70. The van der Waals surface area contributed by atoms with E-state index in [4.69, 9.17) is 11.6 Å². The highest BCUT2D eigenvalue weighted by molar-refractivity contribution is 6.28. The van der Waals surface area contributed by atoms with Crippen molar-refractivity contribution in [2.45, 2.75) is 39.5 Å². The minimum absolute atomic E-state index is 0.209. The monoisotopic (exact) mass is 351 g/mol. The Bertz CT molecular complexity index is 784. The summed E-state index contributed by atoms with van der Waals surface area (Å²) in [6, 6.07) is 16.6. The molecule has 0 radical (unpaired) electrons. The van der Waals surface area contributed by atoms with Gasteiger partial charge in [-0.25, -0.2) is 4.98 Å². The molecule has 0 fully saturated rings. The molecule has 0 N–H and O–H groups in total. The zero-order valence-corrected chi connectivity index (χ0v) is 15.7. The third-order valence-corrected chi connectivity index (χ3v) is 4.45. The third kappa shape index (κ3) is 4.05. The Balaban J connectivity index is 1.97. The molecule has 0 aliphatic heterocycles. The van der Waals surface area contributed by atoms with Crippen molar-refractivity contribution in [3.63, 3.8) is 0 Å². The van der Waals surface area contributed by atoms with Crippen molar-refractivity contribution in [2.24, 2.45) is 0 Å². The maximum absolute atomic E-state index is 6.15. The summed E-state index contributed by atoms with van der Waals surface area (Å²) < 4.78 is 0. The maximum atomic E-state index is 6.15. The smallest absolute Gasteiger partial charge is 0.208 e. The molecule has 3 nitrogen and oxygen atoms in total. The van der Waals surface area contributed by atoms with Crippen LogP contribution in [-0.4, -0.2) is 15.0 Å². The van der Waals surface area contributed by atoms with E-state index in [1.807, 2.05) is 24.3 Å². The molecule has 0 spiro atoms. The summed E-state index contributed by atoms with van der Waals surface area (Å²) in [5.74, 6) is 2.17. The van der Waals surface area contributed by atoms with E-state index >= 15 is 0 Å². The Morgan fingerprint density at radius 2 is 0.960 bits per heavy atom. The highest BCUT2D eigenvalue weighted by Crippen LogP contribution is 2.25. The molecule has 0 aliphatic carbocycles. The second kappa shape index (κ2) is 7.32. The lowest BCUT2D eigenvalue weighted by Gasteiger charge is -2.09. The molecule has 4 heteroatoms. The van der Waals surface area contributed by atoms with Gasteiger partial charge in [0.2, 0.25) is 5.28 Å². The average molecular weight is 352 g/mol. The van der Waals surface area contributed by atoms with E-state index in [0.717, 1.165) is 11.1 Å². The fraction of sp³-hybridized carbons (Fsp3) is 0.286. The van der Waals surface area contributed by atoms with Crippen molar-refractivity contribution in [1.29, 1.82) is 0 Å². The van der Waals surface area contributed by atoms with Gasteiger partial charge in [-0.2, -0.15) is 9.97 Å². The van der Waals surface area contributed by atoms with Gasteiger partial charge in [0, 0.05) is 11.1 Å². The molecule has 1 aromatic heterocycles. The quantitative estimate of drug-likeness (QED) is 0.569. The molecule has 0 atom stereocenters. The number of nitrogens with zero attached hydrogens (tertiary/aromatic N) is 3. The minimum atomic E-state index is 0.209. The summed E-state index contributed by atoms with van der Waals surface area (Å²) in [7, 11) is 0. The first-order valence-corrected chi connectivity index (χ1v) is 8.94. The normalized spacial score (nSPS) is 11.3. The van der Waals surface area contributed by atoms with Gasteiger partial charge in [-0.1, -0.05) is 76.2 Å². The number of hydrogen-bond acceptors (Lipinski definition) is 3. The van der Waals surface area contributed by atoms with E-state index in [9.17, 15) is 0 Å². The van der Waals surface area contributed by atoms with Gasteiger partial charge in [-0.05, 0) is 34.6 Å². The van der Waals surface area contributed by atoms with E-state index < -0.39 is 0 Å². The molecule has 0 saturated carbocycles. The van der Waals surface area contributed by atoms with E-state index in [-0.39, 0.29) is 5.28 Å². The summed E-state index contributed by atoms with van der Waals surface area (Å²) in [4.78, 5) is 13.2. The molecule has 128 valence electrons. The van der Waals surface area contributed by atoms with Crippen molar-refractivity contribution in [2.75, 3.05) is 0 Å². The highest BCUT2D eigenvalue weighted by atomic mass is 35.5. The standard InChI is InChI=1S/C21H22ClN3/c1-13(2)15-5-9-17(10-6-15)19-23-20(25-21(22)24-19)18-11-7-16(8-12-18)14(3)4/h5-14H,1-4H3. The first-order valence-electron chi connectivity index (χ1n) is 8.56. The number of halogens is 1. The molecular weight excluding hydrogens is 330 g/mol. The molecular formula is C21H22ClN3. The van der Waals surface area contributed by atoms with Gasteiger partial charge in [0.25, 0.3) is 0 Å². The van der Waals surface area contributed by atoms with Crippen LogP contribution in [0.25, 0.3) is 22.8 Å². The van der Waals surface area contributed by atoms with Crippen molar-refractivity contribution < 1.29 is 0 Å². The van der Waals surface area contributed by atoms with Crippen LogP contribution in [0.15, 0.2) is 48.5 Å². The van der Waals surface area contributed by atoms with Gasteiger partial charge in [-0.3, -0.25) is 0 Å². The molecule has 0 amide bonds. The Morgan fingerprint density at radius 1 is 0.600 bits per heavy atom. The first kappa shape index (κ1) is 17.6. The van der Waals surface area contributed by atoms with E-state index in [0.29, 0.717) is 23.5 Å². The van der Waals surface area contributed by atoms with Crippen molar-refractivity contribution in [3.05, 3.63) is 64.9 Å². The maximum Gasteiger partial charge on any atom is 0.226 e. The van der Waals surface area contributed by atoms with Gasteiger partial charge >= 0.3 is 0 Å². The summed E-state index contributed by atoms with van der Waals surface area (Å²) >= 11 is 6.15. The zero-order chi connectivity index (χ0) is 18.0. The molecule has 0 saturated heterocycles. The number of hydrogen-bond donors (Lipinski definition) is 0. The Kier molecular flexibility index (Phi) is 5.14. The van der Waals surface area contributed by atoms with E-state index in [1.54, 1.807) is 0 Å². The zero-order valence-electron chi connectivity index (χ0n) is 15.0. The highest BCUT2D eigenvalue weighted by Gasteiger charge is 2.10. The molecule has 2 aromatic carbocycles. The molecule has 0 aliphatic rings. The van der Waals surface area contributed by atoms with Gasteiger partial charge in [0.05, 0.1) is 0 Å². The fourth-order valence-electron chi connectivity index (χ4n) is 2.64. The Hall–Kier alpha value is -2.26. The Labute approximate surface area is 154 Å². The predicted molar refractivity (Wildman–Crippen MR) is 104 cm³/mol. The lowest BCUT2D eigenvalue weighted by atomic mass is 10.0. The third-order valence-electron chi connectivity index (χ3n) is 4.28. The summed E-state index contributed by atoms with van der Waals surface area (Å²) in [5, 5.41) is 0.209. The van der Waals surface area contributed by atoms with Crippen LogP contribution in [-0.2, 0) is 0 Å². The van der Waals surface area contributed by atoms with Crippen molar-refractivity contribution in [3.8, 4) is 22.8 Å². The molecule has 25 heavy (non-hydrogen) atoms. The van der Waals surface area contributed by atoms with Crippen LogP contribution < -0.4 is 0 Å². The van der Waals surface area contributed by atoms with Crippen LogP contribution in [0.1, 0.15) is 50.7 Å². The van der Waals surface area contributed by atoms with Crippen LogP contribution in [0.2, 0.25) is 5.28 Å². The molecule has 0 unspecified atom stereocenters. The second-order valence-electron chi connectivity index (χ2n) is 6.81. The molecule has 1 heterocycles. The summed E-state index contributed by atoms with van der Waals surface area (Å²) in [6.07, 6.45) is 0.